The van der Waals surface area contributed by atoms with E-state index in [1.807, 2.05) is 35.2 Å². The van der Waals surface area contributed by atoms with Crippen LogP contribution >= 0.6 is 0 Å². The first-order chi connectivity index (χ1) is 23.5. The van der Waals surface area contributed by atoms with Crippen LogP contribution in [-0.4, -0.2) is 74.0 Å². The number of halogens is 3. The fourth-order valence-corrected chi connectivity index (χ4v) is 5.71. The van der Waals surface area contributed by atoms with E-state index >= 15 is 0 Å². The van der Waals surface area contributed by atoms with Gasteiger partial charge in [0.05, 0.1) is 30.2 Å². The predicted octanol–water partition coefficient (Wildman–Crippen LogP) is 4.93. The molecule has 0 aliphatic carbocycles. The molecule has 14 heteroatoms. The molecule has 4 aromatic rings. The molecular formula is C35H34F3N7O4. The first-order valence-corrected chi connectivity index (χ1v) is 15.3. The summed E-state index contributed by atoms with van der Waals surface area (Å²) >= 11 is 0. The van der Waals surface area contributed by atoms with Gasteiger partial charge >= 0.3 is 12.1 Å². The molecule has 3 aromatic carbocycles. The normalized spacial score (nSPS) is 14.3. The van der Waals surface area contributed by atoms with Crippen molar-refractivity contribution in [3.8, 4) is 34.2 Å². The second-order valence-corrected chi connectivity index (χ2v) is 11.4. The van der Waals surface area contributed by atoms with Crippen LogP contribution in [0.1, 0.15) is 12.0 Å². The Morgan fingerprint density at radius 1 is 1.10 bits per heavy atom. The number of rotatable bonds is 12. The fraction of sp³-hybridized carbons (Fsp3) is 0.257. The van der Waals surface area contributed by atoms with E-state index in [4.69, 9.17) is 15.5 Å². The average Bonchev–Trinajstić information content (AvgIpc) is 3.54. The highest BCUT2D eigenvalue weighted by Crippen LogP contribution is 2.40. The number of carbonyl (C=O) groups is 2. The van der Waals surface area contributed by atoms with Gasteiger partial charge in [-0.2, -0.15) is 18.4 Å². The van der Waals surface area contributed by atoms with Crippen molar-refractivity contribution >= 4 is 34.7 Å². The van der Waals surface area contributed by atoms with Crippen LogP contribution in [0.5, 0.6) is 5.75 Å². The zero-order valence-corrected chi connectivity index (χ0v) is 26.5. The van der Waals surface area contributed by atoms with E-state index in [0.29, 0.717) is 46.0 Å². The topological polar surface area (TPSA) is 157 Å². The van der Waals surface area contributed by atoms with E-state index < -0.39 is 24.0 Å². The number of primary amides is 1. The van der Waals surface area contributed by atoms with Gasteiger partial charge < -0.3 is 36.0 Å². The van der Waals surface area contributed by atoms with Crippen LogP contribution in [0.25, 0.3) is 22.4 Å². The summed E-state index contributed by atoms with van der Waals surface area (Å²) in [5.74, 6) is -2.40. The lowest BCUT2D eigenvalue weighted by atomic mass is 9.96. The Kier molecular flexibility index (Phi) is 10.5. The van der Waals surface area contributed by atoms with Crippen molar-refractivity contribution in [3.05, 3.63) is 84.4 Å². The third-order valence-electron chi connectivity index (χ3n) is 8.01. The summed E-state index contributed by atoms with van der Waals surface area (Å²) in [6.45, 7) is 0.675. The zero-order valence-electron chi connectivity index (χ0n) is 26.5. The second-order valence-electron chi connectivity index (χ2n) is 11.4. The number of para-hydroxylation sites is 2. The summed E-state index contributed by atoms with van der Waals surface area (Å²) in [6.07, 6.45) is -4.75. The summed E-state index contributed by atoms with van der Waals surface area (Å²) in [4.78, 5) is 32.1. The van der Waals surface area contributed by atoms with Crippen LogP contribution < -0.4 is 26.2 Å². The molecule has 254 valence electrons. The van der Waals surface area contributed by atoms with E-state index in [2.05, 4.69) is 16.7 Å². The van der Waals surface area contributed by atoms with Crippen molar-refractivity contribution in [1.29, 1.82) is 5.26 Å². The smallest absolute Gasteiger partial charge is 0.471 e. The zero-order chi connectivity index (χ0) is 35.1. The number of pyridine rings is 1. The summed E-state index contributed by atoms with van der Waals surface area (Å²) in [7, 11) is 1.51. The molecule has 0 spiro atoms. The van der Waals surface area contributed by atoms with Gasteiger partial charge in [-0.3, -0.25) is 9.59 Å². The Balaban J connectivity index is 1.65. The Morgan fingerprint density at radius 3 is 2.51 bits per heavy atom. The molecule has 1 aromatic heterocycles. The Morgan fingerprint density at radius 2 is 1.84 bits per heavy atom. The van der Waals surface area contributed by atoms with Gasteiger partial charge in [0.25, 0.3) is 0 Å². The highest BCUT2D eigenvalue weighted by molar-refractivity contribution is 5.89. The van der Waals surface area contributed by atoms with Gasteiger partial charge in [0.15, 0.2) is 0 Å². The molecule has 2 amide bonds. The van der Waals surface area contributed by atoms with Crippen molar-refractivity contribution in [2.24, 2.45) is 5.73 Å². The standard InChI is InChI=1S/C35H34F3N7O4/c1-49-16-15-45(21-32(40)47)30-17-22(11-12-29(30)44-14-13-24(20-44)42-34(48)35(36,37)38)26-18-28(25-9-5-6-10-31(25)46)43-33(27(26)19-39)41-23-7-3-2-4-8-23/h2-12,17-18,24,46H,13-16,20-21H2,1H3,(H2,40,47)(H,41,43)(H,42,48). The lowest BCUT2D eigenvalue weighted by Gasteiger charge is -2.30. The fourth-order valence-electron chi connectivity index (χ4n) is 5.71. The van der Waals surface area contributed by atoms with E-state index in [9.17, 15) is 33.1 Å². The largest absolute Gasteiger partial charge is 0.507 e. The quantitative estimate of drug-likeness (QED) is 0.164. The van der Waals surface area contributed by atoms with Crippen molar-refractivity contribution < 1.29 is 32.6 Å². The summed E-state index contributed by atoms with van der Waals surface area (Å²) in [5, 5.41) is 26.4. The molecule has 1 aliphatic heterocycles. The molecule has 1 aliphatic rings. The van der Waals surface area contributed by atoms with Crippen molar-refractivity contribution in [1.82, 2.24) is 10.3 Å². The number of carbonyl (C=O) groups excluding carboxylic acids is 2. The average molecular weight is 674 g/mol. The van der Waals surface area contributed by atoms with Crippen molar-refractivity contribution in [2.45, 2.75) is 18.6 Å². The van der Waals surface area contributed by atoms with Crippen LogP contribution in [0.15, 0.2) is 78.9 Å². The maximum atomic E-state index is 13.0. The molecule has 11 nitrogen and oxygen atoms in total. The molecular weight excluding hydrogens is 639 g/mol. The number of nitrogens with zero attached hydrogens (tertiary/aromatic N) is 4. The molecule has 1 fully saturated rings. The molecule has 1 saturated heterocycles. The van der Waals surface area contributed by atoms with Crippen LogP contribution in [0.2, 0.25) is 0 Å². The van der Waals surface area contributed by atoms with E-state index in [1.54, 1.807) is 47.4 Å². The number of nitrogens with two attached hydrogens (primary N) is 1. The molecule has 5 N–H and O–H groups in total. The molecule has 0 bridgehead atoms. The number of ether oxygens (including phenoxy) is 1. The van der Waals surface area contributed by atoms with Crippen LogP contribution in [0.3, 0.4) is 0 Å². The SMILES string of the molecule is COCCN(CC(N)=O)c1cc(-c2cc(-c3ccccc3O)nc(Nc3ccccc3)c2C#N)ccc1N1CCC(NC(=O)C(F)(F)F)C1. The lowest BCUT2D eigenvalue weighted by molar-refractivity contribution is -0.174. The number of phenols is 1. The number of nitrogens with one attached hydrogen (secondary N) is 2. The Hall–Kier alpha value is -5.81. The first-order valence-electron chi connectivity index (χ1n) is 15.3. The van der Waals surface area contributed by atoms with Gasteiger partial charge in [-0.1, -0.05) is 36.4 Å². The minimum absolute atomic E-state index is 0.0132. The molecule has 5 rings (SSSR count). The maximum absolute atomic E-state index is 13.0. The van der Waals surface area contributed by atoms with E-state index in [-0.39, 0.29) is 49.8 Å². The number of phenolic OH excluding ortho intramolecular Hbond substituents is 1. The van der Waals surface area contributed by atoms with Gasteiger partial charge in [-0.25, -0.2) is 4.98 Å². The molecule has 0 saturated carbocycles. The van der Waals surface area contributed by atoms with Crippen LogP contribution in [0.4, 0.5) is 36.1 Å². The number of amides is 2. The number of methoxy groups -OCH3 is 1. The minimum Gasteiger partial charge on any atom is -0.507 e. The van der Waals surface area contributed by atoms with E-state index in [1.165, 1.54) is 13.2 Å². The van der Waals surface area contributed by atoms with Gasteiger partial charge in [-0.05, 0) is 54.4 Å². The highest BCUT2D eigenvalue weighted by atomic mass is 19.4. The number of hydrogen-bond acceptors (Lipinski definition) is 9. The molecule has 2 heterocycles. The number of hydrogen-bond donors (Lipinski definition) is 4. The number of aromatic nitrogens is 1. The van der Waals surface area contributed by atoms with Crippen LogP contribution in [0, 0.1) is 11.3 Å². The number of nitriles is 1. The van der Waals surface area contributed by atoms with Gasteiger partial charge in [0.1, 0.15) is 23.2 Å². The second kappa shape index (κ2) is 15.0. The minimum atomic E-state index is -5.01. The number of benzene rings is 3. The monoisotopic (exact) mass is 673 g/mol. The van der Waals surface area contributed by atoms with Gasteiger partial charge in [0.2, 0.25) is 5.91 Å². The molecule has 0 radical (unpaired) electrons. The van der Waals surface area contributed by atoms with E-state index in [0.717, 1.165) is 0 Å². The number of aromatic hydroxyl groups is 1. The molecule has 1 unspecified atom stereocenters. The third-order valence-corrected chi connectivity index (χ3v) is 8.01. The number of anilines is 4. The van der Waals surface area contributed by atoms with Crippen LogP contribution in [-0.2, 0) is 14.3 Å². The summed E-state index contributed by atoms with van der Waals surface area (Å²) in [6, 6.07) is 24.3. The Bertz CT molecular complexity index is 1860. The third kappa shape index (κ3) is 8.20. The molecule has 1 atom stereocenters. The maximum Gasteiger partial charge on any atom is 0.471 e. The highest BCUT2D eigenvalue weighted by Gasteiger charge is 2.41. The number of alkyl halides is 3. The summed E-state index contributed by atoms with van der Waals surface area (Å²) in [5.41, 5.74) is 9.45. The van der Waals surface area contributed by atoms with Crippen molar-refractivity contribution in [3.63, 3.8) is 0 Å². The first kappa shape index (κ1) is 34.5. The lowest BCUT2D eigenvalue weighted by Crippen LogP contribution is -2.44. The molecule has 49 heavy (non-hydrogen) atoms. The Labute approximate surface area is 280 Å². The predicted molar refractivity (Wildman–Crippen MR) is 179 cm³/mol. The van der Waals surface area contributed by atoms with Gasteiger partial charge in [-0.15, -0.1) is 0 Å². The van der Waals surface area contributed by atoms with Gasteiger partial charge in [0, 0.05) is 49.6 Å². The summed E-state index contributed by atoms with van der Waals surface area (Å²) < 4.78 is 44.2. The van der Waals surface area contributed by atoms with Crippen molar-refractivity contribution in [2.75, 3.05) is 55.0 Å².